The van der Waals surface area contributed by atoms with Gasteiger partial charge in [0.25, 0.3) is 0 Å². The minimum Gasteiger partial charge on any atom is -0.464 e. The topological polar surface area (TPSA) is 89.4 Å². The van der Waals surface area contributed by atoms with Crippen molar-refractivity contribution in [3.05, 3.63) is 72.2 Å². The molecule has 0 amide bonds. The third-order valence-electron chi connectivity index (χ3n) is 6.34. The molecular formula is C24H25N3O3S. The van der Waals surface area contributed by atoms with Crippen LogP contribution in [0.5, 0.6) is 0 Å². The number of nitrogens with two attached hydrogens (primary N) is 1. The van der Waals surface area contributed by atoms with E-state index >= 15 is 0 Å². The molecular weight excluding hydrogens is 410 g/mol. The van der Waals surface area contributed by atoms with Gasteiger partial charge in [0.1, 0.15) is 5.58 Å². The number of nitrogens with zero attached hydrogens (tertiary/aromatic N) is 2. The van der Waals surface area contributed by atoms with Gasteiger partial charge >= 0.3 is 0 Å². The first-order valence-corrected chi connectivity index (χ1v) is 12.1. The van der Waals surface area contributed by atoms with E-state index < -0.39 is 10.0 Å². The van der Waals surface area contributed by atoms with Gasteiger partial charge in [0, 0.05) is 34.8 Å². The number of piperidine rings is 1. The summed E-state index contributed by atoms with van der Waals surface area (Å²) in [6.07, 6.45) is 6.53. The first kappa shape index (κ1) is 20.2. The molecule has 160 valence electrons. The molecule has 0 radical (unpaired) electrons. The number of fused-ring (bicyclic) bond motifs is 2. The molecule has 0 aliphatic carbocycles. The molecule has 2 N–H and O–H groups in total. The molecule has 0 bridgehead atoms. The Morgan fingerprint density at radius 3 is 2.58 bits per heavy atom. The van der Waals surface area contributed by atoms with Crippen LogP contribution in [0.25, 0.3) is 21.7 Å². The van der Waals surface area contributed by atoms with Gasteiger partial charge in [-0.3, -0.25) is 4.98 Å². The molecule has 0 spiro atoms. The van der Waals surface area contributed by atoms with Crippen LogP contribution in [0.15, 0.2) is 70.3 Å². The van der Waals surface area contributed by atoms with E-state index in [9.17, 15) is 8.42 Å². The number of furan rings is 1. The summed E-state index contributed by atoms with van der Waals surface area (Å²) in [6, 6.07) is 15.1. The molecule has 1 aliphatic heterocycles. The summed E-state index contributed by atoms with van der Waals surface area (Å²) in [7, 11) is -3.77. The maximum atomic E-state index is 12.0. The number of para-hydroxylation sites is 1. The molecule has 1 fully saturated rings. The van der Waals surface area contributed by atoms with Gasteiger partial charge in [-0.15, -0.1) is 0 Å². The minimum absolute atomic E-state index is 0.165. The van der Waals surface area contributed by atoms with Crippen LogP contribution in [0, 0.1) is 0 Å². The van der Waals surface area contributed by atoms with Crippen molar-refractivity contribution in [3.8, 4) is 0 Å². The Bertz CT molecular complexity index is 1340. The quantitative estimate of drug-likeness (QED) is 0.511. The van der Waals surface area contributed by atoms with Crippen LogP contribution in [0.4, 0.5) is 0 Å². The Kier molecular flexibility index (Phi) is 5.25. The molecule has 4 aromatic rings. The largest absolute Gasteiger partial charge is 0.464 e. The lowest BCUT2D eigenvalue weighted by Gasteiger charge is -2.32. The Morgan fingerprint density at radius 2 is 1.77 bits per heavy atom. The minimum atomic E-state index is -3.77. The fourth-order valence-electron chi connectivity index (χ4n) is 4.71. The molecule has 0 saturated carbocycles. The standard InChI is InChI=1S/C24H25N3O3S/c25-31(28,29)23-7-3-5-21-20(23)8-12-26-24(21)17-9-13-27(14-10-17)15-11-18-16-30-22-6-2-1-4-19(18)22/h1-8,12,16-17H,9-11,13-15H2,(H2,25,28,29). The van der Waals surface area contributed by atoms with E-state index in [0.717, 1.165) is 55.6 Å². The summed E-state index contributed by atoms with van der Waals surface area (Å²) in [6.45, 7) is 2.98. The normalized spacial score (nSPS) is 16.3. The van der Waals surface area contributed by atoms with Gasteiger partial charge in [-0.2, -0.15) is 0 Å². The van der Waals surface area contributed by atoms with Crippen molar-refractivity contribution in [1.82, 2.24) is 9.88 Å². The molecule has 1 saturated heterocycles. The zero-order chi connectivity index (χ0) is 21.4. The van der Waals surface area contributed by atoms with Gasteiger partial charge < -0.3 is 9.32 Å². The average Bonchev–Trinajstić information content (AvgIpc) is 3.20. The maximum absolute atomic E-state index is 12.0. The van der Waals surface area contributed by atoms with Crippen molar-refractivity contribution in [2.24, 2.45) is 5.14 Å². The summed E-state index contributed by atoms with van der Waals surface area (Å²) in [5.74, 6) is 0.311. The van der Waals surface area contributed by atoms with Crippen molar-refractivity contribution in [2.45, 2.75) is 30.1 Å². The summed E-state index contributed by atoms with van der Waals surface area (Å²) >= 11 is 0. The zero-order valence-corrected chi connectivity index (χ0v) is 18.0. The smallest absolute Gasteiger partial charge is 0.238 e. The van der Waals surface area contributed by atoms with Gasteiger partial charge in [-0.05, 0) is 56.1 Å². The average molecular weight is 436 g/mol. The van der Waals surface area contributed by atoms with E-state index in [1.165, 1.54) is 10.9 Å². The SMILES string of the molecule is NS(=O)(=O)c1cccc2c(C3CCN(CCc4coc5ccccc45)CC3)nccc12. The van der Waals surface area contributed by atoms with Crippen molar-refractivity contribution in [3.63, 3.8) is 0 Å². The first-order valence-electron chi connectivity index (χ1n) is 10.6. The molecule has 2 aromatic carbocycles. The molecule has 7 heteroatoms. The Balaban J connectivity index is 1.29. The van der Waals surface area contributed by atoms with Gasteiger partial charge in [0.2, 0.25) is 10.0 Å². The number of hydrogen-bond donors (Lipinski definition) is 1. The van der Waals surface area contributed by atoms with Crippen LogP contribution in [-0.4, -0.2) is 37.9 Å². The van der Waals surface area contributed by atoms with E-state index in [1.54, 1.807) is 24.4 Å². The van der Waals surface area contributed by atoms with Crippen molar-refractivity contribution in [1.29, 1.82) is 0 Å². The molecule has 0 unspecified atom stereocenters. The number of primary sulfonamides is 1. The Morgan fingerprint density at radius 1 is 1.00 bits per heavy atom. The van der Waals surface area contributed by atoms with E-state index in [4.69, 9.17) is 9.56 Å². The number of benzene rings is 2. The highest BCUT2D eigenvalue weighted by atomic mass is 32.2. The molecule has 3 heterocycles. The lowest BCUT2D eigenvalue weighted by atomic mass is 9.90. The fourth-order valence-corrected chi connectivity index (χ4v) is 5.46. The second kappa shape index (κ2) is 8.07. The van der Waals surface area contributed by atoms with Crippen LogP contribution in [-0.2, 0) is 16.4 Å². The number of sulfonamides is 1. The highest BCUT2D eigenvalue weighted by Crippen LogP contribution is 2.33. The molecule has 0 atom stereocenters. The van der Waals surface area contributed by atoms with Gasteiger partial charge in [-0.1, -0.05) is 30.3 Å². The van der Waals surface area contributed by atoms with Crippen LogP contribution in [0.1, 0.15) is 30.0 Å². The van der Waals surface area contributed by atoms with E-state index in [-0.39, 0.29) is 4.90 Å². The van der Waals surface area contributed by atoms with Crippen LogP contribution >= 0.6 is 0 Å². The van der Waals surface area contributed by atoms with Crippen molar-refractivity contribution < 1.29 is 12.8 Å². The molecule has 5 rings (SSSR count). The summed E-state index contributed by atoms with van der Waals surface area (Å²) < 4.78 is 29.6. The van der Waals surface area contributed by atoms with E-state index in [2.05, 4.69) is 16.0 Å². The van der Waals surface area contributed by atoms with Crippen molar-refractivity contribution in [2.75, 3.05) is 19.6 Å². The predicted molar refractivity (Wildman–Crippen MR) is 121 cm³/mol. The lowest BCUT2D eigenvalue weighted by Crippen LogP contribution is -2.34. The maximum Gasteiger partial charge on any atom is 0.238 e. The zero-order valence-electron chi connectivity index (χ0n) is 17.2. The van der Waals surface area contributed by atoms with Gasteiger partial charge in [0.15, 0.2) is 0 Å². The second-order valence-corrected chi connectivity index (χ2v) is 9.75. The van der Waals surface area contributed by atoms with Crippen LogP contribution in [0.3, 0.4) is 0 Å². The number of likely N-dealkylation sites (tertiary alicyclic amines) is 1. The van der Waals surface area contributed by atoms with Crippen LogP contribution < -0.4 is 5.14 Å². The Hall–Kier alpha value is -2.74. The third-order valence-corrected chi connectivity index (χ3v) is 7.31. The molecule has 6 nitrogen and oxygen atoms in total. The number of pyridine rings is 1. The summed E-state index contributed by atoms with van der Waals surface area (Å²) in [4.78, 5) is 7.28. The van der Waals surface area contributed by atoms with Gasteiger partial charge in [0.05, 0.1) is 16.9 Å². The van der Waals surface area contributed by atoms with E-state index in [0.29, 0.717) is 11.3 Å². The highest BCUT2D eigenvalue weighted by molar-refractivity contribution is 7.89. The van der Waals surface area contributed by atoms with Gasteiger partial charge in [-0.25, -0.2) is 13.6 Å². The molecule has 2 aromatic heterocycles. The number of aromatic nitrogens is 1. The van der Waals surface area contributed by atoms with E-state index in [1.807, 2.05) is 30.5 Å². The summed E-state index contributed by atoms with van der Waals surface area (Å²) in [5.41, 5.74) is 3.17. The van der Waals surface area contributed by atoms with Crippen LogP contribution in [0.2, 0.25) is 0 Å². The van der Waals surface area contributed by atoms with Crippen molar-refractivity contribution >= 4 is 31.8 Å². The monoisotopic (exact) mass is 435 g/mol. The second-order valence-electron chi connectivity index (χ2n) is 8.22. The number of rotatable bonds is 5. The molecule has 1 aliphatic rings. The number of hydrogen-bond acceptors (Lipinski definition) is 5. The molecule has 31 heavy (non-hydrogen) atoms. The lowest BCUT2D eigenvalue weighted by molar-refractivity contribution is 0.213. The fraction of sp³-hybridized carbons (Fsp3) is 0.292. The first-order chi connectivity index (χ1) is 15.0. The Labute approximate surface area is 181 Å². The third kappa shape index (κ3) is 3.96. The summed E-state index contributed by atoms with van der Waals surface area (Å²) in [5, 5.41) is 8.16. The predicted octanol–water partition coefficient (Wildman–Crippen LogP) is 4.05. The highest BCUT2D eigenvalue weighted by Gasteiger charge is 2.24.